The molecule has 2 amide bonds. The quantitative estimate of drug-likeness (QED) is 0.0384. The van der Waals surface area contributed by atoms with Gasteiger partial charge >= 0.3 is 35.1 Å². The fraction of sp³-hybridized carbons (Fsp3) is 0.172. The summed E-state index contributed by atoms with van der Waals surface area (Å²) in [6, 6.07) is 38.7. The van der Waals surface area contributed by atoms with Gasteiger partial charge in [-0.05, 0) is 71.8 Å². The van der Waals surface area contributed by atoms with E-state index < -0.39 is 46.9 Å². The van der Waals surface area contributed by atoms with E-state index in [-0.39, 0.29) is 69.1 Å². The highest BCUT2D eigenvalue weighted by Crippen LogP contribution is 2.65. The number of thiophene rings is 4. The van der Waals surface area contributed by atoms with Crippen molar-refractivity contribution in [3.05, 3.63) is 167 Å². The lowest BCUT2D eigenvalue weighted by Crippen LogP contribution is -2.52. The van der Waals surface area contributed by atoms with Crippen LogP contribution < -0.4 is 9.47 Å². The van der Waals surface area contributed by atoms with Gasteiger partial charge in [0.15, 0.2) is 21.6 Å². The van der Waals surface area contributed by atoms with E-state index in [9.17, 15) is 9.59 Å². The zero-order valence-corrected chi connectivity index (χ0v) is 49.4. The highest BCUT2D eigenvalue weighted by atomic mass is 32.2. The Kier molecular flexibility index (Phi) is 15.3. The van der Waals surface area contributed by atoms with E-state index in [1.165, 1.54) is 21.9 Å². The smallest absolute Gasteiger partial charge is 0.367 e. The van der Waals surface area contributed by atoms with Crippen molar-refractivity contribution in [1.82, 2.24) is 9.80 Å². The number of hydrogen-bond donors (Lipinski definition) is 0. The number of thioether (sulfide) groups is 2. The lowest BCUT2D eigenvalue weighted by atomic mass is 9.90. The monoisotopic (exact) mass is 1240 g/mol. The van der Waals surface area contributed by atoms with Gasteiger partial charge in [0.1, 0.15) is 45.1 Å². The second kappa shape index (κ2) is 22.7. The number of fused-ring (bicyclic) bond motifs is 9. The zero-order valence-electron chi connectivity index (χ0n) is 42.9. The molecule has 4 aliphatic heterocycles. The number of nitrogens with zero attached hydrogens (tertiary/aromatic N) is 4. The van der Waals surface area contributed by atoms with E-state index in [1.54, 1.807) is 111 Å². The van der Waals surface area contributed by atoms with Crippen molar-refractivity contribution >= 4 is 167 Å². The Balaban J connectivity index is 1.06. The molecular weight excluding hydrogens is 1200 g/mol. The van der Waals surface area contributed by atoms with E-state index in [0.717, 1.165) is 68.9 Å². The molecule has 0 saturated carbocycles. The largest absolute Gasteiger partial charge is 0.457 e. The number of benzene rings is 4. The summed E-state index contributed by atoms with van der Waals surface area (Å²) in [7, 11) is 0. The molecule has 0 spiro atoms. The molecule has 0 N–H and O–H groups in total. The molecule has 412 valence electrons. The number of amides is 2. The van der Waals surface area contributed by atoms with Gasteiger partial charge in [0.2, 0.25) is 0 Å². The third-order valence-electron chi connectivity index (χ3n) is 13.3. The number of aliphatic imine (C=N–C) groups is 2. The van der Waals surface area contributed by atoms with E-state index in [4.69, 9.17) is 62.8 Å². The molecule has 0 atom stereocenters. The molecule has 2 fully saturated rings. The molecule has 8 aromatic rings. The molecule has 4 aromatic carbocycles. The molecular formula is C58H40N4O12S8. The zero-order chi connectivity index (χ0) is 56.9. The topological polar surface area (TPSA) is 189 Å². The van der Waals surface area contributed by atoms with Crippen LogP contribution in [0.3, 0.4) is 0 Å². The minimum Gasteiger partial charge on any atom is -0.457 e. The van der Waals surface area contributed by atoms with Crippen LogP contribution >= 0.6 is 93.3 Å². The van der Waals surface area contributed by atoms with E-state index in [2.05, 4.69) is 0 Å². The van der Waals surface area contributed by atoms with Gasteiger partial charge in [-0.15, -0.1) is 45.3 Å². The first-order valence-electron chi connectivity index (χ1n) is 25.2. The maximum Gasteiger partial charge on any atom is 0.367 e. The summed E-state index contributed by atoms with van der Waals surface area (Å²) < 4.78 is 39.6. The second-order valence-corrected chi connectivity index (χ2v) is 25.7. The van der Waals surface area contributed by atoms with Crippen LogP contribution in [-0.4, -0.2) is 77.3 Å². The highest BCUT2D eigenvalue weighted by Gasteiger charge is 2.62. The van der Waals surface area contributed by atoms with Crippen molar-refractivity contribution < 1.29 is 57.2 Å². The van der Waals surface area contributed by atoms with Crippen LogP contribution in [0.5, 0.6) is 11.5 Å². The van der Waals surface area contributed by atoms with Crippen LogP contribution in [0.2, 0.25) is 0 Å². The fourth-order valence-electron chi connectivity index (χ4n) is 9.24. The van der Waals surface area contributed by atoms with E-state index in [1.807, 2.05) is 24.3 Å². The van der Waals surface area contributed by atoms with Crippen LogP contribution in [0.4, 0.5) is 10.0 Å². The van der Waals surface area contributed by atoms with Gasteiger partial charge in [-0.3, -0.25) is 19.4 Å². The molecule has 0 aliphatic carbocycles. The van der Waals surface area contributed by atoms with Gasteiger partial charge in [-0.1, -0.05) is 146 Å². The van der Waals surface area contributed by atoms with Gasteiger partial charge in [0.05, 0.1) is 28.9 Å². The normalized spacial score (nSPS) is 16.6. The van der Waals surface area contributed by atoms with Crippen molar-refractivity contribution in [3.63, 3.8) is 0 Å². The van der Waals surface area contributed by atoms with Gasteiger partial charge in [-0.25, -0.2) is 29.2 Å². The van der Waals surface area contributed by atoms with Gasteiger partial charge in [-0.2, -0.15) is 0 Å². The van der Waals surface area contributed by atoms with Crippen molar-refractivity contribution in [2.24, 2.45) is 9.98 Å². The summed E-state index contributed by atoms with van der Waals surface area (Å²) in [5.74, 6) is -5.13. The highest BCUT2D eigenvalue weighted by molar-refractivity contribution is 8.35. The maximum atomic E-state index is 15.3. The third-order valence-corrected chi connectivity index (χ3v) is 20.8. The summed E-state index contributed by atoms with van der Waals surface area (Å²) in [5, 5.41) is 0.615. The molecule has 16 nitrogen and oxygen atoms in total. The van der Waals surface area contributed by atoms with E-state index >= 15 is 19.2 Å². The summed E-state index contributed by atoms with van der Waals surface area (Å²) >= 11 is 17.6. The number of carbonyl (C=O) groups excluding carboxylic acids is 6. The second-order valence-electron chi connectivity index (χ2n) is 18.3. The Hall–Kier alpha value is -7.42. The van der Waals surface area contributed by atoms with Crippen LogP contribution in [0, 0.1) is 0 Å². The first-order chi connectivity index (χ1) is 39.8. The predicted molar refractivity (Wildman–Crippen MR) is 325 cm³/mol. The molecule has 4 aliphatic rings. The van der Waals surface area contributed by atoms with Crippen molar-refractivity contribution in [1.29, 1.82) is 0 Å². The molecule has 0 bridgehead atoms. The molecule has 2 saturated heterocycles. The summed E-state index contributed by atoms with van der Waals surface area (Å²) in [5.41, 5.74) is -2.75. The minimum absolute atomic E-state index is 0.0302. The predicted octanol–water partition coefficient (Wildman–Crippen LogP) is 12.4. The minimum atomic E-state index is -2.65. The van der Waals surface area contributed by atoms with Crippen molar-refractivity contribution in [3.8, 4) is 31.0 Å². The molecule has 12 rings (SSSR count). The summed E-state index contributed by atoms with van der Waals surface area (Å²) in [6.07, 6.45) is 0. The first-order valence-corrected chi connectivity index (χ1v) is 30.9. The third kappa shape index (κ3) is 9.82. The molecule has 24 heteroatoms. The average Bonchev–Trinajstić information content (AvgIpc) is 1.69. The number of ether oxygens (including phenoxy) is 6. The molecule has 0 radical (unpaired) electrons. The van der Waals surface area contributed by atoms with Crippen LogP contribution in [0.15, 0.2) is 143 Å². The molecule has 82 heavy (non-hydrogen) atoms. The Labute approximate surface area is 502 Å². The average molecular weight is 1240 g/mol. The lowest BCUT2D eigenvalue weighted by molar-refractivity contribution is -0.185. The van der Waals surface area contributed by atoms with E-state index in [0.29, 0.717) is 72.9 Å². The SMILES string of the molecule is CCN1C(=O)/C(=N/c2cc3c(s2)-c2sc4c5c(sc4c2OC3(C(=O)OCc2ccccc2)C(=O)OCc2ccccc2)-c2sc(/N=C3\SC(=S)N(CC)C3=O)cc2C(C(=O)OCc2ccccc2)(C(=O)OCc2ccccc2)O5)SC1=S. The maximum absolute atomic E-state index is 15.3. The molecule has 4 aromatic heterocycles. The Bertz CT molecular complexity index is 3640. The molecule has 0 unspecified atom stereocenters. The first kappa shape index (κ1) is 55.1. The van der Waals surface area contributed by atoms with Crippen LogP contribution in [0.25, 0.3) is 28.9 Å². The summed E-state index contributed by atoms with van der Waals surface area (Å²) in [4.78, 5) is 102. The Morgan fingerprint density at radius 2 is 0.780 bits per heavy atom. The van der Waals surface area contributed by atoms with Crippen molar-refractivity contribution in [2.75, 3.05) is 13.1 Å². The lowest BCUT2D eigenvalue weighted by Gasteiger charge is -2.33. The molecule has 8 heterocycles. The number of rotatable bonds is 16. The number of esters is 4. The Morgan fingerprint density at radius 3 is 1.06 bits per heavy atom. The standard InChI is InChI=1S/C58H40N4O12S8/c1-3-61-49(63)47(81-55(61)75)59-37-25-35-41(77-37)43-39(73-57(35,51(65)69-27-31-17-9-5-10-18-31)52(66)70-28-32-19-11-6-12-20-32)45-46(79-43)40-44(80-45)42-36(26-38(78-42)60-48-50(64)62(4-2)56(76)82-48)58(74-40,53(67)71-29-33-21-13-7-14-22-33)54(68)72-30-34-23-15-8-16-24-34/h5-26H,3-4,27-30H2,1-2H3/b59-47-,60-48-. The van der Waals surface area contributed by atoms with Crippen LogP contribution in [0.1, 0.15) is 47.2 Å². The fourth-order valence-corrected chi connectivity index (χ4v) is 17.0. The number of carbonyl (C=O) groups is 6. The van der Waals surface area contributed by atoms with Crippen LogP contribution in [-0.2, 0) is 85.3 Å². The number of thiocarbonyl (C=S) groups is 2. The van der Waals surface area contributed by atoms with Gasteiger partial charge in [0, 0.05) is 24.2 Å². The summed E-state index contributed by atoms with van der Waals surface area (Å²) in [6.45, 7) is 3.20. The van der Waals surface area contributed by atoms with Gasteiger partial charge < -0.3 is 28.4 Å². The van der Waals surface area contributed by atoms with Gasteiger partial charge in [0.25, 0.3) is 11.8 Å². The van der Waals surface area contributed by atoms with Crippen molar-refractivity contribution in [2.45, 2.75) is 51.5 Å². The number of hydrogen-bond acceptors (Lipinski definition) is 22. The Morgan fingerprint density at radius 1 is 0.476 bits per heavy atom.